The highest BCUT2D eigenvalue weighted by atomic mass is 19.4. The molecule has 0 aliphatic carbocycles. The van der Waals surface area contributed by atoms with E-state index in [9.17, 15) is 13.2 Å². The molecule has 0 atom stereocenters. The minimum atomic E-state index is -4.50. The van der Waals surface area contributed by atoms with Crippen molar-refractivity contribution in [3.63, 3.8) is 0 Å². The zero-order valence-corrected chi connectivity index (χ0v) is 10.1. The highest BCUT2D eigenvalue weighted by Crippen LogP contribution is 2.28. The van der Waals surface area contributed by atoms with E-state index < -0.39 is 11.7 Å². The molecule has 0 saturated carbocycles. The van der Waals surface area contributed by atoms with Gasteiger partial charge in [-0.1, -0.05) is 5.16 Å². The van der Waals surface area contributed by atoms with Crippen LogP contribution in [0.25, 0.3) is 5.95 Å². The molecular formula is C10H9F3N6O. The van der Waals surface area contributed by atoms with E-state index >= 15 is 0 Å². The van der Waals surface area contributed by atoms with Gasteiger partial charge in [0.25, 0.3) is 5.95 Å². The summed E-state index contributed by atoms with van der Waals surface area (Å²) >= 11 is 0. The number of aryl methyl sites for hydroxylation is 1. The molecule has 0 radical (unpaired) electrons. The quantitative estimate of drug-likeness (QED) is 0.372. The van der Waals surface area contributed by atoms with E-state index in [2.05, 4.69) is 20.2 Å². The molecule has 7 nitrogen and oxygen atoms in total. The van der Waals surface area contributed by atoms with Crippen molar-refractivity contribution < 1.29 is 18.4 Å². The number of hydrogen-bond donors (Lipinski definition) is 2. The van der Waals surface area contributed by atoms with Crippen LogP contribution in [0.1, 0.15) is 17.0 Å². The van der Waals surface area contributed by atoms with Gasteiger partial charge < -0.3 is 10.9 Å². The fraction of sp³-hybridized carbons (Fsp3) is 0.200. The molecule has 0 saturated heterocycles. The van der Waals surface area contributed by atoms with E-state index in [1.807, 2.05) is 0 Å². The van der Waals surface area contributed by atoms with Gasteiger partial charge in [0.05, 0.1) is 11.8 Å². The largest absolute Gasteiger partial charge is 0.419 e. The molecule has 2 aromatic heterocycles. The van der Waals surface area contributed by atoms with Gasteiger partial charge in [-0.05, 0) is 13.0 Å². The Kier molecular flexibility index (Phi) is 3.30. The first-order valence-electron chi connectivity index (χ1n) is 5.27. The molecule has 0 aliphatic heterocycles. The summed E-state index contributed by atoms with van der Waals surface area (Å²) in [5.74, 6) is -0.387. The van der Waals surface area contributed by atoms with Gasteiger partial charge in [0.15, 0.2) is 5.84 Å². The number of halogens is 3. The summed E-state index contributed by atoms with van der Waals surface area (Å²) in [6, 6.07) is 1.42. The molecule has 2 heterocycles. The standard InChI is InChI=1S/C10H9F3N6O/c1-5-2-7(8(14)18-20)17-9(16-5)19-4-6(3-15-19)10(11,12)13/h2-4,20H,1H3,(H2,14,18). The predicted molar refractivity (Wildman–Crippen MR) is 61.4 cm³/mol. The Morgan fingerprint density at radius 3 is 2.65 bits per heavy atom. The van der Waals surface area contributed by atoms with Crippen molar-refractivity contribution in [1.29, 1.82) is 0 Å². The van der Waals surface area contributed by atoms with Crippen molar-refractivity contribution >= 4 is 5.84 Å². The highest BCUT2D eigenvalue weighted by molar-refractivity contribution is 5.95. The molecule has 0 aromatic carbocycles. The van der Waals surface area contributed by atoms with Crippen LogP contribution in [0.2, 0.25) is 0 Å². The Morgan fingerprint density at radius 1 is 1.40 bits per heavy atom. The van der Waals surface area contributed by atoms with Crippen molar-refractivity contribution in [3.05, 3.63) is 35.4 Å². The van der Waals surface area contributed by atoms with E-state index in [0.29, 0.717) is 11.9 Å². The Labute approximate surface area is 110 Å². The van der Waals surface area contributed by atoms with Crippen LogP contribution in [-0.2, 0) is 6.18 Å². The number of amidine groups is 1. The average Bonchev–Trinajstić information content (AvgIpc) is 2.86. The van der Waals surface area contributed by atoms with Gasteiger partial charge in [-0.15, -0.1) is 0 Å². The number of alkyl halides is 3. The minimum Gasteiger partial charge on any atom is -0.409 e. The van der Waals surface area contributed by atoms with E-state index in [4.69, 9.17) is 10.9 Å². The molecule has 3 N–H and O–H groups in total. The SMILES string of the molecule is Cc1cc(/C(N)=N/O)nc(-n2cc(C(F)(F)F)cn2)n1. The van der Waals surface area contributed by atoms with Crippen LogP contribution >= 0.6 is 0 Å². The van der Waals surface area contributed by atoms with E-state index in [-0.39, 0.29) is 17.5 Å². The Hall–Kier alpha value is -2.65. The number of hydrogen-bond acceptors (Lipinski definition) is 5. The second-order valence-corrected chi connectivity index (χ2v) is 3.85. The minimum absolute atomic E-state index is 0.0825. The van der Waals surface area contributed by atoms with Gasteiger partial charge in [0.1, 0.15) is 5.69 Å². The van der Waals surface area contributed by atoms with E-state index in [1.54, 1.807) is 6.92 Å². The summed E-state index contributed by atoms with van der Waals surface area (Å²) < 4.78 is 38.3. The molecular weight excluding hydrogens is 277 g/mol. The molecule has 0 bridgehead atoms. The lowest BCUT2D eigenvalue weighted by molar-refractivity contribution is -0.137. The lowest BCUT2D eigenvalue weighted by Crippen LogP contribution is -2.17. The first-order valence-corrected chi connectivity index (χ1v) is 5.27. The van der Waals surface area contributed by atoms with Crippen LogP contribution in [0.4, 0.5) is 13.2 Å². The Bertz CT molecular complexity index is 663. The van der Waals surface area contributed by atoms with Crippen LogP contribution in [-0.4, -0.2) is 30.8 Å². The molecule has 0 fully saturated rings. The van der Waals surface area contributed by atoms with Crippen molar-refractivity contribution in [2.24, 2.45) is 10.9 Å². The highest BCUT2D eigenvalue weighted by Gasteiger charge is 2.32. The molecule has 2 rings (SSSR count). The molecule has 2 aromatic rings. The molecule has 0 spiro atoms. The summed E-state index contributed by atoms with van der Waals surface area (Å²) in [6.45, 7) is 1.59. The maximum absolute atomic E-state index is 12.5. The fourth-order valence-corrected chi connectivity index (χ4v) is 1.42. The Balaban J connectivity index is 2.48. The molecule has 0 aliphatic rings. The second-order valence-electron chi connectivity index (χ2n) is 3.85. The molecule has 0 unspecified atom stereocenters. The molecule has 0 amide bonds. The second kappa shape index (κ2) is 4.79. The van der Waals surface area contributed by atoms with Crippen molar-refractivity contribution in [2.45, 2.75) is 13.1 Å². The third-order valence-electron chi connectivity index (χ3n) is 2.33. The van der Waals surface area contributed by atoms with Gasteiger partial charge in [-0.3, -0.25) is 0 Å². The summed E-state index contributed by atoms with van der Waals surface area (Å²) in [5, 5.41) is 14.9. The number of nitrogens with zero attached hydrogens (tertiary/aromatic N) is 5. The monoisotopic (exact) mass is 286 g/mol. The number of rotatable bonds is 2. The smallest absolute Gasteiger partial charge is 0.409 e. The number of aromatic nitrogens is 4. The molecule has 106 valence electrons. The van der Waals surface area contributed by atoms with Gasteiger partial charge in [0.2, 0.25) is 0 Å². The number of nitrogens with two attached hydrogens (primary N) is 1. The van der Waals surface area contributed by atoms with Crippen LogP contribution in [0.15, 0.2) is 23.6 Å². The van der Waals surface area contributed by atoms with Crippen LogP contribution in [0, 0.1) is 6.92 Å². The van der Waals surface area contributed by atoms with Gasteiger partial charge >= 0.3 is 6.18 Å². The maximum atomic E-state index is 12.5. The number of oxime groups is 1. The van der Waals surface area contributed by atoms with Gasteiger partial charge in [-0.25, -0.2) is 14.6 Å². The normalized spacial score (nSPS) is 12.7. The first kappa shape index (κ1) is 13.8. The fourth-order valence-electron chi connectivity index (χ4n) is 1.42. The van der Waals surface area contributed by atoms with Crippen LogP contribution < -0.4 is 5.73 Å². The predicted octanol–water partition coefficient (Wildman–Crippen LogP) is 1.08. The van der Waals surface area contributed by atoms with Gasteiger partial charge in [0, 0.05) is 11.9 Å². The van der Waals surface area contributed by atoms with Crippen LogP contribution in [0.5, 0.6) is 0 Å². The van der Waals surface area contributed by atoms with Crippen LogP contribution in [0.3, 0.4) is 0 Å². The van der Waals surface area contributed by atoms with Crippen molar-refractivity contribution in [1.82, 2.24) is 19.7 Å². The first-order chi connectivity index (χ1) is 9.31. The lowest BCUT2D eigenvalue weighted by atomic mass is 10.3. The van der Waals surface area contributed by atoms with Crippen molar-refractivity contribution in [3.8, 4) is 5.95 Å². The van der Waals surface area contributed by atoms with E-state index in [0.717, 1.165) is 10.9 Å². The maximum Gasteiger partial charge on any atom is 0.419 e. The summed E-state index contributed by atoms with van der Waals surface area (Å²) in [4.78, 5) is 7.82. The molecule has 20 heavy (non-hydrogen) atoms. The topological polar surface area (TPSA) is 102 Å². The summed E-state index contributed by atoms with van der Waals surface area (Å²) in [6.07, 6.45) is -3.09. The summed E-state index contributed by atoms with van der Waals surface area (Å²) in [5.41, 5.74) is 4.98. The lowest BCUT2D eigenvalue weighted by Gasteiger charge is -2.04. The van der Waals surface area contributed by atoms with E-state index in [1.165, 1.54) is 6.07 Å². The Morgan fingerprint density at radius 2 is 2.10 bits per heavy atom. The zero-order chi connectivity index (χ0) is 14.9. The summed E-state index contributed by atoms with van der Waals surface area (Å²) in [7, 11) is 0. The third kappa shape index (κ3) is 2.68. The molecule has 10 heteroatoms. The van der Waals surface area contributed by atoms with Gasteiger partial charge in [-0.2, -0.15) is 18.3 Å². The average molecular weight is 286 g/mol. The van der Waals surface area contributed by atoms with Crippen molar-refractivity contribution in [2.75, 3.05) is 0 Å². The third-order valence-corrected chi connectivity index (χ3v) is 2.33. The zero-order valence-electron chi connectivity index (χ0n) is 10.1.